The maximum Gasteiger partial charge on any atom is 0.293 e. The van der Waals surface area contributed by atoms with Crippen LogP contribution in [0.3, 0.4) is 0 Å². The second-order valence-corrected chi connectivity index (χ2v) is 9.63. The number of nitrogens with one attached hydrogen (secondary N) is 1. The molecule has 0 aliphatic rings. The lowest BCUT2D eigenvalue weighted by Gasteiger charge is -2.06. The van der Waals surface area contributed by atoms with E-state index < -0.39 is 5.91 Å². The molecule has 1 N–H and O–H groups in total. The summed E-state index contributed by atoms with van der Waals surface area (Å²) in [6, 6.07) is 26.4. The number of hydrogen-bond acceptors (Lipinski definition) is 8. The van der Waals surface area contributed by atoms with E-state index in [1.165, 1.54) is 23.1 Å². The van der Waals surface area contributed by atoms with Crippen molar-refractivity contribution in [2.24, 2.45) is 0 Å². The minimum absolute atomic E-state index is 0.184. The molecule has 172 valence electrons. The number of thioether (sulfide) groups is 1. The molecule has 0 aliphatic heterocycles. The fraction of sp³-hybridized carbons (Fsp3) is 0.0769. The summed E-state index contributed by atoms with van der Waals surface area (Å²) in [5.74, 6) is 1.16. The molecule has 5 aromatic rings. The summed E-state index contributed by atoms with van der Waals surface area (Å²) in [5, 5.41) is 21.2. The van der Waals surface area contributed by atoms with Gasteiger partial charge in [-0.25, -0.2) is 0 Å². The first-order valence-corrected chi connectivity index (χ1v) is 12.4. The maximum atomic E-state index is 13.1. The molecule has 35 heavy (non-hydrogen) atoms. The molecule has 0 bridgehead atoms. The quantitative estimate of drug-likeness (QED) is 0.198. The molecule has 7 nitrogen and oxygen atoms in total. The lowest BCUT2D eigenvalue weighted by molar-refractivity contribution is 0.0995. The second-order valence-electron chi connectivity index (χ2n) is 7.43. The van der Waals surface area contributed by atoms with E-state index in [0.29, 0.717) is 33.3 Å². The standard InChI is InChI=1S/C26H18N4O3S2/c27-14-17-10-12-18(13-11-17)16-34-26-30-29-25(35-26)28-24(31)23-21(15-32-19-6-2-1-3-7-19)20-8-4-5-9-22(20)33-23/h1-13H,15-16H2,(H,28,29,31). The summed E-state index contributed by atoms with van der Waals surface area (Å²) in [6.07, 6.45) is 0. The van der Waals surface area contributed by atoms with Gasteiger partial charge in [0.1, 0.15) is 17.9 Å². The van der Waals surface area contributed by atoms with Gasteiger partial charge in [-0.15, -0.1) is 10.2 Å². The molecule has 0 saturated heterocycles. The maximum absolute atomic E-state index is 13.1. The number of carbonyl (C=O) groups excluding carboxylic acids is 1. The Balaban J connectivity index is 1.29. The van der Waals surface area contributed by atoms with Crippen LogP contribution in [0.15, 0.2) is 87.6 Å². The number of rotatable bonds is 8. The highest BCUT2D eigenvalue weighted by atomic mass is 32.2. The summed E-state index contributed by atoms with van der Waals surface area (Å²) >= 11 is 2.80. The van der Waals surface area contributed by atoms with E-state index >= 15 is 0 Å². The predicted octanol–water partition coefficient (Wildman–Crippen LogP) is 6.28. The smallest absolute Gasteiger partial charge is 0.293 e. The Morgan fingerprint density at radius 3 is 2.60 bits per heavy atom. The molecule has 1 amide bonds. The average molecular weight is 499 g/mol. The minimum atomic E-state index is -0.410. The fourth-order valence-corrected chi connectivity index (χ4v) is 5.09. The van der Waals surface area contributed by atoms with E-state index in [4.69, 9.17) is 14.4 Å². The van der Waals surface area contributed by atoms with Gasteiger partial charge in [0, 0.05) is 16.7 Å². The van der Waals surface area contributed by atoms with Crippen molar-refractivity contribution in [3.63, 3.8) is 0 Å². The van der Waals surface area contributed by atoms with Crippen LogP contribution in [0.2, 0.25) is 0 Å². The molecule has 0 fully saturated rings. The van der Waals surface area contributed by atoms with Crippen LogP contribution >= 0.6 is 23.1 Å². The predicted molar refractivity (Wildman–Crippen MR) is 136 cm³/mol. The number of para-hydroxylation sites is 2. The lowest BCUT2D eigenvalue weighted by Crippen LogP contribution is -2.13. The number of furan rings is 1. The Morgan fingerprint density at radius 1 is 1.03 bits per heavy atom. The molecule has 2 heterocycles. The van der Waals surface area contributed by atoms with Crippen molar-refractivity contribution < 1.29 is 13.9 Å². The van der Waals surface area contributed by atoms with Gasteiger partial charge in [0.25, 0.3) is 5.91 Å². The molecule has 9 heteroatoms. The van der Waals surface area contributed by atoms with Gasteiger partial charge in [-0.2, -0.15) is 5.26 Å². The van der Waals surface area contributed by atoms with Gasteiger partial charge in [-0.3, -0.25) is 10.1 Å². The van der Waals surface area contributed by atoms with E-state index in [9.17, 15) is 4.79 Å². The SMILES string of the molecule is N#Cc1ccc(CSc2nnc(NC(=O)c3oc4ccccc4c3COc3ccccc3)s2)cc1. The number of nitriles is 1. The van der Waals surface area contributed by atoms with Crippen LogP contribution in [0.5, 0.6) is 5.75 Å². The van der Waals surface area contributed by atoms with Crippen LogP contribution in [0.4, 0.5) is 5.13 Å². The van der Waals surface area contributed by atoms with Crippen molar-refractivity contribution in [3.8, 4) is 11.8 Å². The van der Waals surface area contributed by atoms with Gasteiger partial charge in [0.05, 0.1) is 11.6 Å². The summed E-state index contributed by atoms with van der Waals surface area (Å²) < 4.78 is 12.5. The Hall–Kier alpha value is -4.13. The van der Waals surface area contributed by atoms with E-state index in [-0.39, 0.29) is 12.4 Å². The van der Waals surface area contributed by atoms with Crippen molar-refractivity contribution in [2.45, 2.75) is 16.7 Å². The highest BCUT2D eigenvalue weighted by Gasteiger charge is 2.22. The first kappa shape index (κ1) is 22.7. The summed E-state index contributed by atoms with van der Waals surface area (Å²) in [7, 11) is 0. The molecule has 0 aliphatic carbocycles. The number of carbonyl (C=O) groups is 1. The largest absolute Gasteiger partial charge is 0.489 e. The topological polar surface area (TPSA) is 101 Å². The first-order chi connectivity index (χ1) is 17.2. The summed E-state index contributed by atoms with van der Waals surface area (Å²) in [4.78, 5) is 13.1. The van der Waals surface area contributed by atoms with Crippen LogP contribution in [0.1, 0.15) is 27.2 Å². The second kappa shape index (κ2) is 10.4. The van der Waals surface area contributed by atoms with E-state index in [2.05, 4.69) is 21.6 Å². The number of amides is 1. The zero-order valence-electron chi connectivity index (χ0n) is 18.3. The monoisotopic (exact) mass is 498 g/mol. The number of anilines is 1. The van der Waals surface area contributed by atoms with Crippen LogP contribution in [-0.2, 0) is 12.4 Å². The molecule has 0 spiro atoms. The minimum Gasteiger partial charge on any atom is -0.489 e. The molecule has 2 aromatic heterocycles. The van der Waals surface area contributed by atoms with Crippen molar-refractivity contribution >= 4 is 45.1 Å². The molecule has 0 atom stereocenters. The molecular formula is C26H18N4O3S2. The number of fused-ring (bicyclic) bond motifs is 1. The van der Waals surface area contributed by atoms with E-state index in [0.717, 1.165) is 15.3 Å². The Bertz CT molecular complexity index is 1510. The average Bonchev–Trinajstić information content (AvgIpc) is 3.51. The van der Waals surface area contributed by atoms with Crippen LogP contribution in [0.25, 0.3) is 11.0 Å². The van der Waals surface area contributed by atoms with Crippen molar-refractivity contribution in [1.82, 2.24) is 10.2 Å². The normalized spacial score (nSPS) is 10.7. The molecule has 0 saturated carbocycles. The highest BCUT2D eigenvalue weighted by molar-refractivity contribution is 8.00. The molecule has 3 aromatic carbocycles. The van der Waals surface area contributed by atoms with Gasteiger partial charge >= 0.3 is 0 Å². The number of benzene rings is 3. The summed E-state index contributed by atoms with van der Waals surface area (Å²) in [6.45, 7) is 0.186. The van der Waals surface area contributed by atoms with Gasteiger partial charge in [0.15, 0.2) is 10.1 Å². The lowest BCUT2D eigenvalue weighted by atomic mass is 10.1. The Labute approximate surface area is 209 Å². The third-order valence-corrected chi connectivity index (χ3v) is 7.15. The number of aromatic nitrogens is 2. The van der Waals surface area contributed by atoms with Crippen molar-refractivity contribution in [1.29, 1.82) is 5.26 Å². The molecular weight excluding hydrogens is 480 g/mol. The molecule has 0 unspecified atom stereocenters. The zero-order valence-corrected chi connectivity index (χ0v) is 19.9. The fourth-order valence-electron chi connectivity index (χ4n) is 3.39. The van der Waals surface area contributed by atoms with Crippen LogP contribution < -0.4 is 10.1 Å². The number of hydrogen-bond donors (Lipinski definition) is 1. The van der Waals surface area contributed by atoms with Gasteiger partial charge in [0.2, 0.25) is 5.13 Å². The third-order valence-electron chi connectivity index (χ3n) is 5.10. The van der Waals surface area contributed by atoms with Gasteiger partial charge in [-0.05, 0) is 35.9 Å². The number of ether oxygens (including phenoxy) is 1. The van der Waals surface area contributed by atoms with E-state index in [1.54, 1.807) is 12.1 Å². The van der Waals surface area contributed by atoms with Crippen molar-refractivity contribution in [3.05, 3.63) is 101 Å². The van der Waals surface area contributed by atoms with Crippen LogP contribution in [0, 0.1) is 11.3 Å². The van der Waals surface area contributed by atoms with Crippen molar-refractivity contribution in [2.75, 3.05) is 5.32 Å². The van der Waals surface area contributed by atoms with E-state index in [1.807, 2.05) is 66.7 Å². The third kappa shape index (κ3) is 5.35. The van der Waals surface area contributed by atoms with Crippen LogP contribution in [-0.4, -0.2) is 16.1 Å². The Kier molecular flexibility index (Phi) is 6.75. The Morgan fingerprint density at radius 2 is 1.80 bits per heavy atom. The number of nitrogens with zero attached hydrogens (tertiary/aromatic N) is 3. The van der Waals surface area contributed by atoms with Gasteiger partial charge < -0.3 is 9.15 Å². The highest BCUT2D eigenvalue weighted by Crippen LogP contribution is 2.31. The summed E-state index contributed by atoms with van der Waals surface area (Å²) in [5.41, 5.74) is 2.97. The zero-order chi connectivity index (χ0) is 24.0. The first-order valence-electron chi connectivity index (χ1n) is 10.6. The van der Waals surface area contributed by atoms with Gasteiger partial charge in [-0.1, -0.05) is 71.6 Å². The molecule has 5 rings (SSSR count). The molecule has 0 radical (unpaired) electrons.